The number of ether oxygens (including phenoxy) is 2. The fourth-order valence-electron chi connectivity index (χ4n) is 2.62. The van der Waals surface area contributed by atoms with Crippen molar-refractivity contribution in [2.24, 2.45) is 5.92 Å². The summed E-state index contributed by atoms with van der Waals surface area (Å²) in [6.07, 6.45) is 1.16. The minimum Gasteiger partial charge on any atom is -0.347 e. The summed E-state index contributed by atoms with van der Waals surface area (Å²) in [5.74, 6) is 0.211. The van der Waals surface area contributed by atoms with Crippen molar-refractivity contribution in [3.8, 4) is 0 Å². The second kappa shape index (κ2) is 6.67. The van der Waals surface area contributed by atoms with Gasteiger partial charge in [0, 0.05) is 19.4 Å². The molecule has 2 amide bonds. The predicted molar refractivity (Wildman–Crippen MR) is 68.6 cm³/mol. The van der Waals surface area contributed by atoms with Crippen molar-refractivity contribution in [1.82, 2.24) is 10.6 Å². The summed E-state index contributed by atoms with van der Waals surface area (Å²) in [5, 5.41) is 4.61. The maximum absolute atomic E-state index is 11.9. The average molecular weight is 292 g/mol. The minimum atomic E-state index is -2.54. The lowest BCUT2D eigenvalue weighted by Gasteiger charge is -2.34. The Morgan fingerprint density at radius 1 is 1.35 bits per heavy atom. The van der Waals surface area contributed by atoms with E-state index in [1.807, 2.05) is 0 Å². The number of carbonyl (C=O) groups is 1. The molecule has 2 fully saturated rings. The van der Waals surface area contributed by atoms with Crippen LogP contribution in [0.15, 0.2) is 0 Å². The summed E-state index contributed by atoms with van der Waals surface area (Å²) in [6, 6.07) is -0.605. The fraction of sp³-hybridized carbons (Fsp3) is 0.923. The quantitative estimate of drug-likeness (QED) is 0.831. The number of carbonyl (C=O) groups excluding carboxylic acids is 1. The first-order chi connectivity index (χ1) is 9.49. The van der Waals surface area contributed by atoms with Gasteiger partial charge in [-0.1, -0.05) is 6.92 Å². The van der Waals surface area contributed by atoms with Crippen molar-refractivity contribution in [3.63, 3.8) is 0 Å². The third-order valence-electron chi connectivity index (χ3n) is 3.86. The van der Waals surface area contributed by atoms with E-state index in [1.54, 1.807) is 0 Å². The predicted octanol–water partition coefficient (Wildman–Crippen LogP) is 1.87. The number of hydrogen-bond acceptors (Lipinski definition) is 3. The summed E-state index contributed by atoms with van der Waals surface area (Å²) in [6.45, 7) is 2.28. The van der Waals surface area contributed by atoms with Gasteiger partial charge in [-0.05, 0) is 18.8 Å². The van der Waals surface area contributed by atoms with Crippen molar-refractivity contribution in [1.29, 1.82) is 0 Å². The van der Waals surface area contributed by atoms with Crippen molar-refractivity contribution >= 4 is 6.03 Å². The summed E-state index contributed by atoms with van der Waals surface area (Å²) >= 11 is 0. The number of rotatable bonds is 4. The van der Waals surface area contributed by atoms with Crippen molar-refractivity contribution in [2.45, 2.75) is 50.9 Å². The molecule has 1 aliphatic heterocycles. The van der Waals surface area contributed by atoms with Crippen LogP contribution in [0.5, 0.6) is 0 Å². The molecule has 116 valence electrons. The molecule has 1 atom stereocenters. The lowest BCUT2D eigenvalue weighted by atomic mass is 9.86. The van der Waals surface area contributed by atoms with Crippen LogP contribution in [0.2, 0.25) is 0 Å². The van der Waals surface area contributed by atoms with Crippen LogP contribution in [-0.2, 0) is 9.47 Å². The van der Waals surface area contributed by atoms with Crippen molar-refractivity contribution < 1.29 is 23.0 Å². The smallest absolute Gasteiger partial charge is 0.315 e. The molecule has 1 spiro atoms. The van der Waals surface area contributed by atoms with Gasteiger partial charge in [-0.25, -0.2) is 13.6 Å². The molecule has 1 unspecified atom stereocenters. The van der Waals surface area contributed by atoms with Crippen LogP contribution in [0.25, 0.3) is 0 Å². The van der Waals surface area contributed by atoms with Crippen LogP contribution in [0.3, 0.4) is 0 Å². The molecule has 1 heterocycles. The number of urea groups is 1. The highest BCUT2D eigenvalue weighted by molar-refractivity contribution is 5.73. The molecule has 1 aliphatic carbocycles. The molecule has 2 rings (SSSR count). The molecular formula is C13H22F2N2O3. The molecule has 5 nitrogen and oxygen atoms in total. The summed E-state index contributed by atoms with van der Waals surface area (Å²) in [4.78, 5) is 11.3. The van der Waals surface area contributed by atoms with Crippen LogP contribution in [0, 0.1) is 5.92 Å². The zero-order valence-electron chi connectivity index (χ0n) is 11.7. The van der Waals surface area contributed by atoms with E-state index >= 15 is 0 Å². The molecule has 1 saturated carbocycles. The second-order valence-corrected chi connectivity index (χ2v) is 5.63. The van der Waals surface area contributed by atoms with Crippen molar-refractivity contribution in [2.75, 3.05) is 19.7 Å². The van der Waals surface area contributed by atoms with Gasteiger partial charge in [0.15, 0.2) is 5.79 Å². The Balaban J connectivity index is 1.67. The van der Waals surface area contributed by atoms with Gasteiger partial charge >= 0.3 is 6.03 Å². The van der Waals surface area contributed by atoms with Crippen LogP contribution < -0.4 is 10.6 Å². The van der Waals surface area contributed by atoms with Gasteiger partial charge in [-0.2, -0.15) is 0 Å². The molecule has 0 aromatic rings. The third kappa shape index (κ3) is 4.28. The molecule has 0 aromatic carbocycles. The fourth-order valence-corrected chi connectivity index (χ4v) is 2.62. The third-order valence-corrected chi connectivity index (χ3v) is 3.86. The summed E-state index contributed by atoms with van der Waals surface area (Å²) < 4.78 is 35.5. The van der Waals surface area contributed by atoms with Gasteiger partial charge in [-0.15, -0.1) is 0 Å². The zero-order valence-corrected chi connectivity index (χ0v) is 11.7. The van der Waals surface area contributed by atoms with E-state index in [-0.39, 0.29) is 12.6 Å². The summed E-state index contributed by atoms with van der Waals surface area (Å²) in [7, 11) is 0. The molecule has 2 N–H and O–H groups in total. The normalized spacial score (nSPS) is 33.6. The standard InChI is InChI=1S/C13H22F2N2O3/c1-9-2-4-13(5-3-9)19-8-10(20-13)6-16-12(18)17-7-11(14)15/h9-11H,2-8H2,1H3,(H2,16,17,18). The molecule has 0 aromatic heterocycles. The first kappa shape index (κ1) is 15.4. The number of hydrogen-bond donors (Lipinski definition) is 2. The van der Waals surface area contributed by atoms with Crippen molar-refractivity contribution in [3.05, 3.63) is 0 Å². The van der Waals surface area contributed by atoms with Crippen LogP contribution in [-0.4, -0.2) is 44.0 Å². The molecule has 0 bridgehead atoms. The maximum Gasteiger partial charge on any atom is 0.315 e. The topological polar surface area (TPSA) is 59.6 Å². The van der Waals surface area contributed by atoms with Gasteiger partial charge in [0.2, 0.25) is 0 Å². The van der Waals surface area contributed by atoms with E-state index in [0.29, 0.717) is 12.5 Å². The van der Waals surface area contributed by atoms with E-state index in [0.717, 1.165) is 25.7 Å². The van der Waals surface area contributed by atoms with Gasteiger partial charge in [0.25, 0.3) is 6.43 Å². The lowest BCUT2D eigenvalue weighted by molar-refractivity contribution is -0.191. The molecule has 20 heavy (non-hydrogen) atoms. The minimum absolute atomic E-state index is 0.208. The number of nitrogens with one attached hydrogen (secondary N) is 2. The monoisotopic (exact) mass is 292 g/mol. The van der Waals surface area contributed by atoms with Crippen LogP contribution >= 0.6 is 0 Å². The Bertz CT molecular complexity index is 334. The Morgan fingerprint density at radius 2 is 2.05 bits per heavy atom. The Morgan fingerprint density at radius 3 is 2.70 bits per heavy atom. The summed E-state index contributed by atoms with van der Waals surface area (Å²) in [5.41, 5.74) is 0. The molecule has 1 saturated heterocycles. The van der Waals surface area contributed by atoms with Gasteiger partial charge in [0.1, 0.15) is 6.10 Å². The van der Waals surface area contributed by atoms with E-state index in [2.05, 4.69) is 17.6 Å². The second-order valence-electron chi connectivity index (χ2n) is 5.63. The van der Waals surface area contributed by atoms with E-state index in [9.17, 15) is 13.6 Å². The largest absolute Gasteiger partial charge is 0.347 e. The Kier molecular flexibility index (Phi) is 5.15. The van der Waals surface area contributed by atoms with Crippen LogP contribution in [0.4, 0.5) is 13.6 Å². The molecular weight excluding hydrogens is 270 g/mol. The van der Waals surface area contributed by atoms with Gasteiger partial charge in [-0.3, -0.25) is 0 Å². The highest BCUT2D eigenvalue weighted by Gasteiger charge is 2.43. The van der Waals surface area contributed by atoms with E-state index < -0.39 is 24.8 Å². The first-order valence-corrected chi connectivity index (χ1v) is 7.11. The molecule has 2 aliphatic rings. The van der Waals surface area contributed by atoms with Gasteiger partial charge in [0.05, 0.1) is 13.2 Å². The highest BCUT2D eigenvalue weighted by atomic mass is 19.3. The Labute approximate surface area is 117 Å². The lowest BCUT2D eigenvalue weighted by Crippen LogP contribution is -2.43. The van der Waals surface area contributed by atoms with Gasteiger partial charge < -0.3 is 20.1 Å². The van der Waals surface area contributed by atoms with Crippen LogP contribution in [0.1, 0.15) is 32.6 Å². The zero-order chi connectivity index (χ0) is 14.6. The molecule has 7 heteroatoms. The highest BCUT2D eigenvalue weighted by Crippen LogP contribution is 2.39. The number of halogens is 2. The average Bonchev–Trinajstić information content (AvgIpc) is 2.81. The SMILES string of the molecule is CC1CCC2(CC1)OCC(CNC(=O)NCC(F)F)O2. The van der Waals surface area contributed by atoms with E-state index in [4.69, 9.17) is 9.47 Å². The first-order valence-electron chi connectivity index (χ1n) is 7.11. The van der Waals surface area contributed by atoms with E-state index in [1.165, 1.54) is 0 Å². The Hall–Kier alpha value is -0.950. The maximum atomic E-state index is 11.9. The molecule has 0 radical (unpaired) electrons. The number of alkyl halides is 2. The number of amides is 2.